The van der Waals surface area contributed by atoms with Crippen molar-refractivity contribution < 1.29 is 5.11 Å². The summed E-state index contributed by atoms with van der Waals surface area (Å²) in [5.74, 6) is 0. The normalized spacial score (nSPS) is 17.3. The van der Waals surface area contributed by atoms with Crippen molar-refractivity contribution in [2.45, 2.75) is 32.5 Å². The predicted octanol–water partition coefficient (Wildman–Crippen LogP) is -0.348. The van der Waals surface area contributed by atoms with Gasteiger partial charge < -0.3 is 10.8 Å². The molecule has 0 aliphatic heterocycles. The lowest BCUT2D eigenvalue weighted by Gasteiger charge is -2.14. The molecule has 0 spiro atoms. The Balaban J connectivity index is 3.16. The second kappa shape index (κ2) is 4.73. The highest BCUT2D eigenvalue weighted by atomic mass is 16.3. The molecule has 0 saturated carbocycles. The molecule has 3 nitrogen and oxygen atoms in total. The topological polar surface area (TPSA) is 58.3 Å². The van der Waals surface area contributed by atoms with Gasteiger partial charge in [0.2, 0.25) is 0 Å². The Hall–Kier alpha value is -0.120. The van der Waals surface area contributed by atoms with Crippen LogP contribution in [0.3, 0.4) is 0 Å². The average Bonchev–Trinajstić information content (AvgIpc) is 1.82. The van der Waals surface area contributed by atoms with Gasteiger partial charge in [-0.3, -0.25) is 5.32 Å². The molecule has 0 aromatic rings. The van der Waals surface area contributed by atoms with Crippen LogP contribution in [0.25, 0.3) is 0 Å². The second-order valence-electron chi connectivity index (χ2n) is 2.26. The number of aliphatic hydroxyl groups is 1. The van der Waals surface area contributed by atoms with Crippen molar-refractivity contribution in [2.75, 3.05) is 6.54 Å². The van der Waals surface area contributed by atoms with E-state index < -0.39 is 6.23 Å². The van der Waals surface area contributed by atoms with E-state index in [2.05, 4.69) is 5.32 Å². The van der Waals surface area contributed by atoms with Gasteiger partial charge in [0.05, 0.1) is 0 Å². The van der Waals surface area contributed by atoms with Crippen LogP contribution < -0.4 is 11.1 Å². The first-order valence-corrected chi connectivity index (χ1v) is 3.35. The first kappa shape index (κ1) is 8.88. The van der Waals surface area contributed by atoms with Crippen molar-refractivity contribution in [1.82, 2.24) is 5.32 Å². The molecule has 0 radical (unpaired) electrons. The molecule has 2 atom stereocenters. The predicted molar refractivity (Wildman–Crippen MR) is 37.9 cm³/mol. The standard InChI is InChI=1S/C6H16N2O/c1-3-4-8-6(9)5(2)7/h5-6,8-9H,3-4,7H2,1-2H3. The molecule has 0 rings (SSSR count). The van der Waals surface area contributed by atoms with E-state index in [-0.39, 0.29) is 6.04 Å². The van der Waals surface area contributed by atoms with Gasteiger partial charge >= 0.3 is 0 Å². The van der Waals surface area contributed by atoms with Crippen LogP contribution in [-0.2, 0) is 0 Å². The largest absolute Gasteiger partial charge is 0.377 e. The Bertz CT molecular complexity index is 66.1. The quantitative estimate of drug-likeness (QED) is 0.458. The average molecular weight is 132 g/mol. The van der Waals surface area contributed by atoms with Gasteiger partial charge in [0, 0.05) is 6.04 Å². The van der Waals surface area contributed by atoms with Crippen LogP contribution >= 0.6 is 0 Å². The molecule has 9 heavy (non-hydrogen) atoms. The van der Waals surface area contributed by atoms with Crippen LogP contribution in [0.15, 0.2) is 0 Å². The summed E-state index contributed by atoms with van der Waals surface area (Å²) in [4.78, 5) is 0. The molecule has 4 N–H and O–H groups in total. The summed E-state index contributed by atoms with van der Waals surface area (Å²) < 4.78 is 0. The minimum Gasteiger partial charge on any atom is -0.377 e. The maximum absolute atomic E-state index is 9.02. The summed E-state index contributed by atoms with van der Waals surface area (Å²) in [6.07, 6.45) is 0.467. The number of hydrogen-bond acceptors (Lipinski definition) is 3. The van der Waals surface area contributed by atoms with Gasteiger partial charge in [-0.25, -0.2) is 0 Å². The Morgan fingerprint density at radius 1 is 1.67 bits per heavy atom. The first-order chi connectivity index (χ1) is 4.18. The van der Waals surface area contributed by atoms with E-state index in [0.29, 0.717) is 0 Å². The molecule has 0 amide bonds. The van der Waals surface area contributed by atoms with E-state index in [9.17, 15) is 0 Å². The molecule has 0 aliphatic carbocycles. The minimum absolute atomic E-state index is 0.184. The lowest BCUT2D eigenvalue weighted by molar-refractivity contribution is 0.115. The molecule has 0 aromatic heterocycles. The Morgan fingerprint density at radius 2 is 2.22 bits per heavy atom. The fraction of sp³-hybridized carbons (Fsp3) is 1.00. The highest BCUT2D eigenvalue weighted by Crippen LogP contribution is 1.82. The molecule has 0 aromatic carbocycles. The van der Waals surface area contributed by atoms with Crippen LogP contribution in [0.1, 0.15) is 20.3 Å². The first-order valence-electron chi connectivity index (χ1n) is 3.35. The van der Waals surface area contributed by atoms with Crippen LogP contribution in [0.5, 0.6) is 0 Å². The highest BCUT2D eigenvalue weighted by Gasteiger charge is 2.05. The van der Waals surface area contributed by atoms with E-state index in [0.717, 1.165) is 13.0 Å². The van der Waals surface area contributed by atoms with Crippen LogP contribution in [0, 0.1) is 0 Å². The zero-order valence-electron chi connectivity index (χ0n) is 6.09. The lowest BCUT2D eigenvalue weighted by Crippen LogP contribution is -2.43. The Morgan fingerprint density at radius 3 is 2.56 bits per heavy atom. The lowest BCUT2D eigenvalue weighted by atomic mass is 10.3. The van der Waals surface area contributed by atoms with Crippen LogP contribution in [-0.4, -0.2) is 23.9 Å². The number of aliphatic hydroxyl groups excluding tert-OH is 1. The smallest absolute Gasteiger partial charge is 0.119 e. The summed E-state index contributed by atoms with van der Waals surface area (Å²) in [5.41, 5.74) is 5.36. The summed E-state index contributed by atoms with van der Waals surface area (Å²) >= 11 is 0. The van der Waals surface area contributed by atoms with Gasteiger partial charge in [0.15, 0.2) is 0 Å². The van der Waals surface area contributed by atoms with Crippen molar-refractivity contribution in [2.24, 2.45) is 5.73 Å². The van der Waals surface area contributed by atoms with E-state index in [1.807, 2.05) is 6.92 Å². The van der Waals surface area contributed by atoms with Crippen molar-refractivity contribution in [3.8, 4) is 0 Å². The zero-order valence-corrected chi connectivity index (χ0v) is 6.09. The third-order valence-electron chi connectivity index (χ3n) is 1.10. The summed E-state index contributed by atoms with van der Waals surface area (Å²) in [6.45, 7) is 4.64. The van der Waals surface area contributed by atoms with Gasteiger partial charge in [-0.1, -0.05) is 6.92 Å². The van der Waals surface area contributed by atoms with Gasteiger partial charge in [0.25, 0.3) is 0 Å². The van der Waals surface area contributed by atoms with Gasteiger partial charge in [0.1, 0.15) is 6.23 Å². The van der Waals surface area contributed by atoms with Crippen LogP contribution in [0.2, 0.25) is 0 Å². The number of nitrogens with one attached hydrogen (secondary N) is 1. The van der Waals surface area contributed by atoms with Gasteiger partial charge in [-0.2, -0.15) is 0 Å². The zero-order chi connectivity index (χ0) is 7.28. The molecule has 0 fully saturated rings. The second-order valence-corrected chi connectivity index (χ2v) is 2.26. The molecule has 0 bridgehead atoms. The van der Waals surface area contributed by atoms with Crippen molar-refractivity contribution >= 4 is 0 Å². The summed E-state index contributed by atoms with van der Waals surface area (Å²) in [6, 6.07) is -0.184. The molecular formula is C6H16N2O. The maximum Gasteiger partial charge on any atom is 0.119 e. The fourth-order valence-corrected chi connectivity index (χ4v) is 0.478. The number of rotatable bonds is 4. The number of nitrogens with two attached hydrogens (primary N) is 1. The number of hydrogen-bond donors (Lipinski definition) is 3. The fourth-order valence-electron chi connectivity index (χ4n) is 0.478. The van der Waals surface area contributed by atoms with Crippen molar-refractivity contribution in [1.29, 1.82) is 0 Å². The maximum atomic E-state index is 9.02. The highest BCUT2D eigenvalue weighted by molar-refractivity contribution is 4.62. The Kier molecular flexibility index (Phi) is 4.67. The van der Waals surface area contributed by atoms with Gasteiger partial charge in [-0.15, -0.1) is 0 Å². The van der Waals surface area contributed by atoms with E-state index in [1.165, 1.54) is 0 Å². The van der Waals surface area contributed by atoms with Gasteiger partial charge in [-0.05, 0) is 19.9 Å². The SMILES string of the molecule is CCCNC(O)C(C)N. The third kappa shape index (κ3) is 4.39. The van der Waals surface area contributed by atoms with Crippen molar-refractivity contribution in [3.63, 3.8) is 0 Å². The molecule has 0 aliphatic rings. The molecule has 0 heterocycles. The minimum atomic E-state index is -0.551. The van der Waals surface area contributed by atoms with E-state index in [1.54, 1.807) is 6.92 Å². The monoisotopic (exact) mass is 132 g/mol. The molecule has 56 valence electrons. The molecular weight excluding hydrogens is 116 g/mol. The molecule has 0 saturated heterocycles. The van der Waals surface area contributed by atoms with Crippen molar-refractivity contribution in [3.05, 3.63) is 0 Å². The van der Waals surface area contributed by atoms with E-state index in [4.69, 9.17) is 10.8 Å². The van der Waals surface area contributed by atoms with Crippen LogP contribution in [0.4, 0.5) is 0 Å². The summed E-state index contributed by atoms with van der Waals surface area (Å²) in [5, 5.41) is 11.9. The third-order valence-corrected chi connectivity index (χ3v) is 1.10. The Labute approximate surface area is 56.2 Å². The molecule has 2 unspecified atom stereocenters. The molecule has 3 heteroatoms. The summed E-state index contributed by atoms with van der Waals surface area (Å²) in [7, 11) is 0. The van der Waals surface area contributed by atoms with E-state index >= 15 is 0 Å².